The number of carbonyl (C=O) groups is 1. The Morgan fingerprint density at radius 2 is 2.06 bits per heavy atom. The zero-order chi connectivity index (χ0) is 12.3. The molecule has 0 spiro atoms. The lowest BCUT2D eigenvalue weighted by atomic mass is 10.1. The lowest BCUT2D eigenvalue weighted by Crippen LogP contribution is -2.33. The van der Waals surface area contributed by atoms with Crippen LogP contribution in [0.2, 0.25) is 0 Å². The SMILES string of the molecule is COC(=O)C(N)Cc1ccc2nccnc2c1. The molecule has 0 saturated carbocycles. The van der Waals surface area contributed by atoms with Gasteiger partial charge in [-0.2, -0.15) is 0 Å². The van der Waals surface area contributed by atoms with Crippen LogP contribution in [0.1, 0.15) is 5.56 Å². The Morgan fingerprint density at radius 1 is 1.35 bits per heavy atom. The van der Waals surface area contributed by atoms with Gasteiger partial charge in [-0.25, -0.2) is 0 Å². The van der Waals surface area contributed by atoms with E-state index < -0.39 is 12.0 Å². The summed E-state index contributed by atoms with van der Waals surface area (Å²) in [6, 6.07) is 4.99. The maximum absolute atomic E-state index is 11.2. The van der Waals surface area contributed by atoms with Crippen LogP contribution in [0.5, 0.6) is 0 Å². The van der Waals surface area contributed by atoms with Gasteiger partial charge < -0.3 is 10.5 Å². The number of nitrogens with two attached hydrogens (primary N) is 1. The second-order valence-corrected chi connectivity index (χ2v) is 3.71. The molecule has 1 aromatic heterocycles. The molecule has 2 aromatic rings. The number of hydrogen-bond donors (Lipinski definition) is 1. The molecule has 0 aliphatic heterocycles. The highest BCUT2D eigenvalue weighted by Crippen LogP contribution is 2.12. The molecule has 1 aromatic carbocycles. The Balaban J connectivity index is 2.22. The van der Waals surface area contributed by atoms with E-state index in [0.717, 1.165) is 16.6 Å². The summed E-state index contributed by atoms with van der Waals surface area (Å²) in [5.41, 5.74) is 8.25. The lowest BCUT2D eigenvalue weighted by Gasteiger charge is -2.09. The molecule has 0 aliphatic carbocycles. The number of hydrogen-bond acceptors (Lipinski definition) is 5. The minimum atomic E-state index is -0.644. The summed E-state index contributed by atoms with van der Waals surface area (Å²) in [7, 11) is 1.33. The minimum Gasteiger partial charge on any atom is -0.468 e. The van der Waals surface area contributed by atoms with Crippen LogP contribution >= 0.6 is 0 Å². The van der Waals surface area contributed by atoms with E-state index in [1.807, 2.05) is 18.2 Å². The van der Waals surface area contributed by atoms with Crippen LogP contribution in [0, 0.1) is 0 Å². The monoisotopic (exact) mass is 231 g/mol. The van der Waals surface area contributed by atoms with Gasteiger partial charge in [0.2, 0.25) is 0 Å². The van der Waals surface area contributed by atoms with Crippen LogP contribution in [-0.4, -0.2) is 29.1 Å². The summed E-state index contributed by atoms with van der Waals surface area (Å²) < 4.78 is 4.58. The van der Waals surface area contributed by atoms with Gasteiger partial charge in [-0.05, 0) is 24.1 Å². The highest BCUT2D eigenvalue weighted by Gasteiger charge is 2.14. The van der Waals surface area contributed by atoms with Gasteiger partial charge in [0.1, 0.15) is 6.04 Å². The predicted octanol–water partition coefficient (Wildman–Crippen LogP) is 0.673. The Hall–Kier alpha value is -2.01. The normalized spacial score (nSPS) is 12.4. The number of rotatable bonds is 3. The number of nitrogens with zero attached hydrogens (tertiary/aromatic N) is 2. The van der Waals surface area contributed by atoms with E-state index in [1.54, 1.807) is 12.4 Å². The second-order valence-electron chi connectivity index (χ2n) is 3.71. The molecule has 1 atom stereocenters. The third-order valence-corrected chi connectivity index (χ3v) is 2.49. The average molecular weight is 231 g/mol. The van der Waals surface area contributed by atoms with Crippen molar-refractivity contribution >= 4 is 17.0 Å². The number of aromatic nitrogens is 2. The Kier molecular flexibility index (Phi) is 3.30. The number of methoxy groups -OCH3 is 1. The first-order chi connectivity index (χ1) is 8.20. The van der Waals surface area contributed by atoms with Crippen molar-refractivity contribution in [3.63, 3.8) is 0 Å². The van der Waals surface area contributed by atoms with Gasteiger partial charge in [-0.15, -0.1) is 0 Å². The van der Waals surface area contributed by atoms with Crippen LogP contribution in [0.4, 0.5) is 0 Å². The molecule has 2 N–H and O–H groups in total. The van der Waals surface area contributed by atoms with Gasteiger partial charge in [0.05, 0.1) is 18.1 Å². The molecule has 0 fully saturated rings. The molecule has 0 radical (unpaired) electrons. The van der Waals surface area contributed by atoms with Crippen molar-refractivity contribution in [3.05, 3.63) is 36.2 Å². The highest BCUT2D eigenvalue weighted by atomic mass is 16.5. The molecule has 17 heavy (non-hydrogen) atoms. The van der Waals surface area contributed by atoms with Crippen molar-refractivity contribution in [2.75, 3.05) is 7.11 Å². The van der Waals surface area contributed by atoms with E-state index in [9.17, 15) is 4.79 Å². The first-order valence-electron chi connectivity index (χ1n) is 5.24. The molecular formula is C12H13N3O2. The molecule has 0 bridgehead atoms. The number of esters is 1. The molecule has 0 saturated heterocycles. The summed E-state index contributed by atoms with van der Waals surface area (Å²) in [6.07, 6.45) is 3.70. The Morgan fingerprint density at radius 3 is 2.76 bits per heavy atom. The first-order valence-corrected chi connectivity index (χ1v) is 5.24. The largest absolute Gasteiger partial charge is 0.468 e. The number of carbonyl (C=O) groups excluding carboxylic acids is 1. The van der Waals surface area contributed by atoms with Gasteiger partial charge >= 0.3 is 5.97 Å². The fourth-order valence-corrected chi connectivity index (χ4v) is 1.62. The zero-order valence-corrected chi connectivity index (χ0v) is 9.46. The summed E-state index contributed by atoms with van der Waals surface area (Å²) in [6.45, 7) is 0. The molecule has 1 unspecified atom stereocenters. The Labute approximate surface area is 98.6 Å². The van der Waals surface area contributed by atoms with E-state index in [4.69, 9.17) is 5.73 Å². The van der Waals surface area contributed by atoms with Crippen molar-refractivity contribution in [2.24, 2.45) is 5.73 Å². The molecule has 88 valence electrons. The van der Waals surface area contributed by atoms with Crippen LogP contribution < -0.4 is 5.73 Å². The average Bonchev–Trinajstić information content (AvgIpc) is 2.37. The van der Waals surface area contributed by atoms with E-state index >= 15 is 0 Å². The van der Waals surface area contributed by atoms with Gasteiger partial charge in [-0.1, -0.05) is 6.07 Å². The number of benzene rings is 1. The molecule has 1 heterocycles. The summed E-state index contributed by atoms with van der Waals surface area (Å²) in [5, 5.41) is 0. The van der Waals surface area contributed by atoms with Gasteiger partial charge in [0.25, 0.3) is 0 Å². The Bertz CT molecular complexity index is 542. The van der Waals surface area contributed by atoms with Gasteiger partial charge in [0, 0.05) is 12.4 Å². The molecular weight excluding hydrogens is 218 g/mol. The predicted molar refractivity (Wildman–Crippen MR) is 63.2 cm³/mol. The first kappa shape index (κ1) is 11.5. The van der Waals surface area contributed by atoms with Crippen LogP contribution in [0.3, 0.4) is 0 Å². The van der Waals surface area contributed by atoms with Gasteiger partial charge in [0.15, 0.2) is 0 Å². The summed E-state index contributed by atoms with van der Waals surface area (Å²) in [5.74, 6) is -0.413. The zero-order valence-electron chi connectivity index (χ0n) is 9.46. The summed E-state index contributed by atoms with van der Waals surface area (Å²) in [4.78, 5) is 19.6. The quantitative estimate of drug-likeness (QED) is 0.785. The van der Waals surface area contributed by atoms with E-state index in [0.29, 0.717) is 6.42 Å². The van der Waals surface area contributed by atoms with Crippen molar-refractivity contribution in [1.29, 1.82) is 0 Å². The van der Waals surface area contributed by atoms with E-state index in [-0.39, 0.29) is 0 Å². The van der Waals surface area contributed by atoms with Crippen LogP contribution in [-0.2, 0) is 16.0 Å². The van der Waals surface area contributed by atoms with Crippen molar-refractivity contribution in [2.45, 2.75) is 12.5 Å². The minimum absolute atomic E-state index is 0.413. The fourth-order valence-electron chi connectivity index (χ4n) is 1.62. The lowest BCUT2D eigenvalue weighted by molar-refractivity contribution is -0.142. The third kappa shape index (κ3) is 2.57. The molecule has 2 rings (SSSR count). The maximum atomic E-state index is 11.2. The molecule has 0 aliphatic rings. The maximum Gasteiger partial charge on any atom is 0.322 e. The van der Waals surface area contributed by atoms with Crippen molar-refractivity contribution in [3.8, 4) is 0 Å². The molecule has 5 nitrogen and oxygen atoms in total. The van der Waals surface area contributed by atoms with Crippen molar-refractivity contribution in [1.82, 2.24) is 9.97 Å². The standard InChI is InChI=1S/C12H13N3O2/c1-17-12(16)9(13)6-8-2-3-10-11(7-8)15-5-4-14-10/h2-5,7,9H,6,13H2,1H3. The molecule has 5 heteroatoms. The topological polar surface area (TPSA) is 78.1 Å². The number of fused-ring (bicyclic) bond motifs is 1. The van der Waals surface area contributed by atoms with Gasteiger partial charge in [-0.3, -0.25) is 14.8 Å². The van der Waals surface area contributed by atoms with Crippen LogP contribution in [0.25, 0.3) is 11.0 Å². The highest BCUT2D eigenvalue weighted by molar-refractivity contribution is 5.77. The van der Waals surface area contributed by atoms with Crippen molar-refractivity contribution < 1.29 is 9.53 Å². The molecule has 0 amide bonds. The van der Waals surface area contributed by atoms with E-state index in [2.05, 4.69) is 14.7 Å². The number of ether oxygens (including phenoxy) is 1. The smallest absolute Gasteiger partial charge is 0.322 e. The third-order valence-electron chi connectivity index (χ3n) is 2.49. The van der Waals surface area contributed by atoms with Crippen LogP contribution in [0.15, 0.2) is 30.6 Å². The second kappa shape index (κ2) is 4.88. The fraction of sp³-hybridized carbons (Fsp3) is 0.250. The summed E-state index contributed by atoms with van der Waals surface area (Å²) >= 11 is 0. The van der Waals surface area contributed by atoms with E-state index in [1.165, 1.54) is 7.11 Å².